The molecule has 2 aromatic rings. The smallest absolute Gasteiger partial charge is 0.410 e. The van der Waals surface area contributed by atoms with E-state index in [1.54, 1.807) is 9.80 Å². The summed E-state index contributed by atoms with van der Waals surface area (Å²) in [5.41, 5.74) is 1.91. The number of ether oxygens (including phenoxy) is 2. The normalized spacial score (nSPS) is 29.3. The lowest BCUT2D eigenvalue weighted by atomic mass is 10.2. The van der Waals surface area contributed by atoms with Crippen LogP contribution in [0.2, 0.25) is 0 Å². The van der Waals surface area contributed by atoms with Crippen molar-refractivity contribution >= 4 is 12.2 Å². The van der Waals surface area contributed by atoms with Gasteiger partial charge in [0.1, 0.15) is 25.6 Å². The van der Waals surface area contributed by atoms with Gasteiger partial charge in [0.25, 0.3) is 0 Å². The molecule has 3 unspecified atom stereocenters. The van der Waals surface area contributed by atoms with E-state index in [2.05, 4.69) is 0 Å². The molecule has 6 atom stereocenters. The largest absolute Gasteiger partial charge is 0.445 e. The third kappa shape index (κ3) is 6.27. The zero-order valence-electron chi connectivity index (χ0n) is 21.6. The zero-order valence-corrected chi connectivity index (χ0v) is 21.6. The van der Waals surface area contributed by atoms with Gasteiger partial charge in [-0.2, -0.15) is 0 Å². The van der Waals surface area contributed by atoms with E-state index < -0.39 is 12.3 Å². The first-order valence-electron chi connectivity index (χ1n) is 13.8. The third-order valence-corrected chi connectivity index (χ3v) is 8.04. The van der Waals surface area contributed by atoms with Gasteiger partial charge < -0.3 is 19.3 Å². The summed E-state index contributed by atoms with van der Waals surface area (Å²) < 4.78 is 37.7. The van der Waals surface area contributed by atoms with E-state index >= 15 is 0 Å². The highest BCUT2D eigenvalue weighted by Gasteiger charge is 2.57. The van der Waals surface area contributed by atoms with Gasteiger partial charge in [-0.25, -0.2) is 18.4 Å². The number of fused-ring (bicyclic) bond motifs is 2. The van der Waals surface area contributed by atoms with Crippen molar-refractivity contribution in [3.63, 3.8) is 0 Å². The fourth-order valence-electron chi connectivity index (χ4n) is 5.75. The van der Waals surface area contributed by atoms with Crippen molar-refractivity contribution in [2.24, 2.45) is 11.8 Å². The molecule has 0 spiro atoms. The van der Waals surface area contributed by atoms with Crippen molar-refractivity contribution < 1.29 is 27.8 Å². The first-order chi connectivity index (χ1) is 18.5. The Kier molecular flexibility index (Phi) is 8.45. The Balaban J connectivity index is 0.000000155. The highest BCUT2D eigenvalue weighted by Crippen LogP contribution is 2.46. The Labute approximate surface area is 222 Å². The first-order valence-corrected chi connectivity index (χ1v) is 13.8. The molecule has 6 rings (SSSR count). The van der Waals surface area contributed by atoms with Gasteiger partial charge in [0.2, 0.25) is 0 Å². The highest BCUT2D eigenvalue weighted by molar-refractivity contribution is 5.69. The summed E-state index contributed by atoms with van der Waals surface area (Å²) in [6.07, 6.45) is 3.26. The summed E-state index contributed by atoms with van der Waals surface area (Å²) >= 11 is 0. The number of likely N-dealkylation sites (tertiary alicyclic amines) is 2. The third-order valence-electron chi connectivity index (χ3n) is 8.04. The van der Waals surface area contributed by atoms with Crippen LogP contribution < -0.4 is 0 Å². The first kappa shape index (κ1) is 26.4. The molecule has 2 amide bonds. The molecule has 0 bridgehead atoms. The molecule has 2 aliphatic carbocycles. The van der Waals surface area contributed by atoms with Crippen LogP contribution >= 0.6 is 0 Å². The Morgan fingerprint density at radius 3 is 1.45 bits per heavy atom. The number of alkyl halides is 2. The summed E-state index contributed by atoms with van der Waals surface area (Å²) in [4.78, 5) is 27.3. The highest BCUT2D eigenvalue weighted by atomic mass is 19.1. The number of carbonyl (C=O) groups excluding carboxylic acids is 2. The van der Waals surface area contributed by atoms with Gasteiger partial charge in [-0.05, 0) is 36.8 Å². The average molecular weight is 527 g/mol. The SMILES string of the molecule is O=C(OCc1ccccc1)N1CCCCC2C(F)C21.O=C(OCc1ccccc1)N1CCCC[C@H]2[C@H](F)[C@H]21. The topological polar surface area (TPSA) is 59.1 Å². The van der Waals surface area contributed by atoms with E-state index in [-0.39, 0.29) is 49.3 Å². The van der Waals surface area contributed by atoms with E-state index in [0.29, 0.717) is 13.1 Å². The molecular weight excluding hydrogens is 490 g/mol. The molecular formula is C30H36F2N2O4. The minimum Gasteiger partial charge on any atom is -0.445 e. The maximum atomic E-state index is 13.6. The molecule has 8 heteroatoms. The van der Waals surface area contributed by atoms with Gasteiger partial charge in [-0.15, -0.1) is 0 Å². The van der Waals surface area contributed by atoms with E-state index in [4.69, 9.17) is 9.47 Å². The summed E-state index contributed by atoms with van der Waals surface area (Å²) in [5, 5.41) is 0. The second kappa shape index (κ2) is 12.1. The number of rotatable bonds is 4. The van der Waals surface area contributed by atoms with Crippen LogP contribution in [-0.2, 0) is 22.7 Å². The van der Waals surface area contributed by atoms with Gasteiger partial charge in [0.05, 0.1) is 12.1 Å². The molecule has 38 heavy (non-hydrogen) atoms. The van der Waals surface area contributed by atoms with Crippen LogP contribution in [0.1, 0.15) is 49.7 Å². The molecule has 204 valence electrons. The zero-order chi connectivity index (χ0) is 26.5. The molecule has 4 fully saturated rings. The van der Waals surface area contributed by atoms with Crippen LogP contribution in [-0.4, -0.2) is 59.5 Å². The summed E-state index contributed by atoms with van der Waals surface area (Å²) in [5.74, 6) is 0.0959. The van der Waals surface area contributed by atoms with Gasteiger partial charge >= 0.3 is 12.2 Å². The summed E-state index contributed by atoms with van der Waals surface area (Å²) in [6, 6.07) is 18.6. The van der Waals surface area contributed by atoms with Crippen molar-refractivity contribution in [1.82, 2.24) is 9.80 Å². The lowest BCUT2D eigenvalue weighted by molar-refractivity contribution is 0.0897. The minimum absolute atomic E-state index is 0.0479. The second-order valence-electron chi connectivity index (χ2n) is 10.7. The lowest BCUT2D eigenvalue weighted by Crippen LogP contribution is -2.35. The molecule has 4 aliphatic rings. The predicted molar refractivity (Wildman–Crippen MR) is 139 cm³/mol. The summed E-state index contributed by atoms with van der Waals surface area (Å²) in [6.45, 7) is 1.75. The monoisotopic (exact) mass is 526 g/mol. The number of benzene rings is 2. The minimum atomic E-state index is -0.843. The number of hydrogen-bond acceptors (Lipinski definition) is 4. The molecule has 2 aliphatic heterocycles. The molecule has 6 nitrogen and oxygen atoms in total. The molecule has 0 N–H and O–H groups in total. The molecule has 2 saturated heterocycles. The van der Waals surface area contributed by atoms with Crippen molar-refractivity contribution in [2.45, 2.75) is 76.2 Å². The van der Waals surface area contributed by atoms with Crippen molar-refractivity contribution in [3.8, 4) is 0 Å². The average Bonchev–Trinajstić information content (AvgIpc) is 3.83. The van der Waals surface area contributed by atoms with Crippen molar-refractivity contribution in [2.75, 3.05) is 13.1 Å². The van der Waals surface area contributed by atoms with Crippen LogP contribution in [0.15, 0.2) is 60.7 Å². The quantitative estimate of drug-likeness (QED) is 0.470. The van der Waals surface area contributed by atoms with Crippen LogP contribution in [0.5, 0.6) is 0 Å². The Morgan fingerprint density at radius 1 is 0.658 bits per heavy atom. The number of nitrogens with zero attached hydrogens (tertiary/aromatic N) is 2. The van der Waals surface area contributed by atoms with Gasteiger partial charge in [0.15, 0.2) is 0 Å². The van der Waals surface area contributed by atoms with E-state index in [1.165, 1.54) is 0 Å². The van der Waals surface area contributed by atoms with Crippen molar-refractivity contribution in [3.05, 3.63) is 71.8 Å². The fraction of sp³-hybridized carbons (Fsp3) is 0.533. The van der Waals surface area contributed by atoms with E-state index in [0.717, 1.165) is 49.7 Å². The number of halogens is 2. The van der Waals surface area contributed by atoms with Crippen LogP contribution in [0.3, 0.4) is 0 Å². The second-order valence-corrected chi connectivity index (χ2v) is 10.7. The van der Waals surface area contributed by atoms with Crippen LogP contribution in [0.25, 0.3) is 0 Å². The fourth-order valence-corrected chi connectivity index (χ4v) is 5.75. The van der Waals surface area contributed by atoms with Crippen molar-refractivity contribution in [1.29, 1.82) is 0 Å². The van der Waals surface area contributed by atoms with Gasteiger partial charge in [-0.3, -0.25) is 0 Å². The molecule has 0 radical (unpaired) electrons. The summed E-state index contributed by atoms with van der Waals surface area (Å²) in [7, 11) is 0. The van der Waals surface area contributed by atoms with E-state index in [1.807, 2.05) is 60.7 Å². The van der Waals surface area contributed by atoms with Crippen LogP contribution in [0, 0.1) is 11.8 Å². The molecule has 0 aromatic heterocycles. The molecule has 2 heterocycles. The number of hydrogen-bond donors (Lipinski definition) is 0. The standard InChI is InChI=1S/2C15H18FNO2/c2*16-13-12-8-4-5-9-17(14(12)13)15(18)19-10-11-6-2-1-3-7-11/h2*1-3,6-7,12-14H,4-5,8-10H2/t12-,13-,14-;/m0./s1. The maximum absolute atomic E-state index is 13.6. The number of amides is 2. The molecule has 2 aromatic carbocycles. The van der Waals surface area contributed by atoms with Gasteiger partial charge in [-0.1, -0.05) is 73.5 Å². The van der Waals surface area contributed by atoms with Crippen LogP contribution in [0.4, 0.5) is 18.4 Å². The Hall–Kier alpha value is -3.16. The predicted octanol–water partition coefficient (Wildman–Crippen LogP) is 6.29. The Morgan fingerprint density at radius 2 is 1.05 bits per heavy atom. The maximum Gasteiger partial charge on any atom is 0.410 e. The van der Waals surface area contributed by atoms with E-state index in [9.17, 15) is 18.4 Å². The van der Waals surface area contributed by atoms with Gasteiger partial charge in [0, 0.05) is 24.9 Å². The number of carbonyl (C=O) groups is 2. The Bertz CT molecular complexity index is 987. The molecule has 2 saturated carbocycles. The lowest BCUT2D eigenvalue weighted by Gasteiger charge is -2.20.